The molecule has 0 saturated heterocycles. The number of amides is 2. The lowest BCUT2D eigenvalue weighted by Gasteiger charge is -2.26. The van der Waals surface area contributed by atoms with Gasteiger partial charge in [-0.25, -0.2) is 4.79 Å². The number of nitrogens with two attached hydrogens (primary N) is 1. The largest absolute Gasteiger partial charge is 0.385 e. The fourth-order valence-electron chi connectivity index (χ4n) is 2.39. The summed E-state index contributed by atoms with van der Waals surface area (Å²) in [4.78, 5) is 19.6. The molecule has 0 aliphatic carbocycles. The normalized spacial score (nSPS) is 18.6. The van der Waals surface area contributed by atoms with E-state index in [1.807, 2.05) is 43.3 Å². The minimum absolute atomic E-state index is 0.235. The molecule has 1 aliphatic heterocycles. The van der Waals surface area contributed by atoms with Gasteiger partial charge in [-0.3, -0.25) is 0 Å². The molecule has 0 bridgehead atoms. The highest BCUT2D eigenvalue weighted by molar-refractivity contribution is 6.03. The van der Waals surface area contributed by atoms with Gasteiger partial charge in [-0.15, -0.1) is 0 Å². The second-order valence-electron chi connectivity index (χ2n) is 5.75. The molecule has 1 aromatic carbocycles. The highest BCUT2D eigenvalue weighted by atomic mass is 16.2. The van der Waals surface area contributed by atoms with Gasteiger partial charge in [0.1, 0.15) is 11.9 Å². The van der Waals surface area contributed by atoms with E-state index in [1.165, 1.54) is 0 Å². The van der Waals surface area contributed by atoms with E-state index in [0.29, 0.717) is 18.3 Å². The zero-order valence-corrected chi connectivity index (χ0v) is 12.5. The SMILES string of the molecule is CC(C)CN1C(=O)N=C(N)C1c1ccc(N(C)C)cc1. The lowest BCUT2D eigenvalue weighted by Crippen LogP contribution is -2.35. The standard InChI is InChI=1S/C15H22N4O/c1-10(2)9-19-13(14(16)17-15(19)20)11-5-7-12(8-6-11)18(3)4/h5-8,10,13H,9H2,1-4H3,(H2,16,17,20). The number of hydrogen-bond acceptors (Lipinski definition) is 3. The molecule has 20 heavy (non-hydrogen) atoms. The van der Waals surface area contributed by atoms with E-state index in [-0.39, 0.29) is 12.1 Å². The summed E-state index contributed by atoms with van der Waals surface area (Å²) >= 11 is 0. The van der Waals surface area contributed by atoms with Crippen LogP contribution in [0.2, 0.25) is 0 Å². The maximum atomic E-state index is 11.9. The van der Waals surface area contributed by atoms with Crippen LogP contribution in [0.3, 0.4) is 0 Å². The molecule has 1 heterocycles. The van der Waals surface area contributed by atoms with Crippen LogP contribution in [0.1, 0.15) is 25.5 Å². The molecule has 1 aromatic rings. The first kappa shape index (κ1) is 14.4. The third-order valence-corrected chi connectivity index (χ3v) is 3.35. The molecule has 0 radical (unpaired) electrons. The molecule has 1 unspecified atom stereocenters. The number of anilines is 1. The van der Waals surface area contributed by atoms with Crippen molar-refractivity contribution in [1.82, 2.24) is 4.90 Å². The maximum absolute atomic E-state index is 11.9. The Kier molecular flexibility index (Phi) is 3.97. The zero-order chi connectivity index (χ0) is 14.9. The first-order chi connectivity index (χ1) is 9.40. The van der Waals surface area contributed by atoms with Crippen molar-refractivity contribution < 1.29 is 4.79 Å². The third kappa shape index (κ3) is 2.76. The Morgan fingerprint density at radius 1 is 1.30 bits per heavy atom. The Morgan fingerprint density at radius 3 is 2.40 bits per heavy atom. The van der Waals surface area contributed by atoms with Gasteiger partial charge >= 0.3 is 6.03 Å². The van der Waals surface area contributed by atoms with E-state index in [1.54, 1.807) is 4.90 Å². The topological polar surface area (TPSA) is 61.9 Å². The van der Waals surface area contributed by atoms with Crippen molar-refractivity contribution in [2.24, 2.45) is 16.6 Å². The second kappa shape index (κ2) is 5.53. The van der Waals surface area contributed by atoms with Gasteiger partial charge in [0, 0.05) is 26.3 Å². The van der Waals surface area contributed by atoms with Gasteiger partial charge in [-0.05, 0) is 23.6 Å². The first-order valence-electron chi connectivity index (χ1n) is 6.82. The number of benzene rings is 1. The summed E-state index contributed by atoms with van der Waals surface area (Å²) in [5, 5.41) is 0. The average molecular weight is 274 g/mol. The third-order valence-electron chi connectivity index (χ3n) is 3.35. The monoisotopic (exact) mass is 274 g/mol. The van der Waals surface area contributed by atoms with E-state index in [9.17, 15) is 4.79 Å². The molecule has 2 rings (SSSR count). The molecule has 2 N–H and O–H groups in total. The van der Waals surface area contributed by atoms with Crippen LogP contribution in [-0.4, -0.2) is 37.4 Å². The number of nitrogens with zero attached hydrogens (tertiary/aromatic N) is 3. The molecule has 0 saturated carbocycles. The molecule has 0 fully saturated rings. The minimum atomic E-state index is -0.238. The number of urea groups is 1. The molecule has 2 amide bonds. The van der Waals surface area contributed by atoms with Crippen molar-refractivity contribution in [2.45, 2.75) is 19.9 Å². The highest BCUT2D eigenvalue weighted by Crippen LogP contribution is 2.28. The molecule has 1 atom stereocenters. The first-order valence-corrected chi connectivity index (χ1v) is 6.82. The number of rotatable bonds is 4. The summed E-state index contributed by atoms with van der Waals surface area (Å²) in [6, 6.07) is 7.60. The van der Waals surface area contributed by atoms with E-state index in [0.717, 1.165) is 11.3 Å². The van der Waals surface area contributed by atoms with Crippen molar-refractivity contribution in [2.75, 3.05) is 25.5 Å². The summed E-state index contributed by atoms with van der Waals surface area (Å²) in [7, 11) is 3.99. The van der Waals surface area contributed by atoms with Crippen molar-refractivity contribution >= 4 is 17.6 Å². The molecular formula is C15H22N4O. The Balaban J connectivity index is 2.28. The second-order valence-corrected chi connectivity index (χ2v) is 5.75. The number of aliphatic imine (C=N–C) groups is 1. The lowest BCUT2D eigenvalue weighted by atomic mass is 10.0. The van der Waals surface area contributed by atoms with Gasteiger partial charge in [-0.2, -0.15) is 4.99 Å². The van der Waals surface area contributed by atoms with E-state index in [4.69, 9.17) is 5.73 Å². The molecule has 108 valence electrons. The van der Waals surface area contributed by atoms with Crippen LogP contribution in [0.5, 0.6) is 0 Å². The van der Waals surface area contributed by atoms with Crippen LogP contribution < -0.4 is 10.6 Å². The van der Waals surface area contributed by atoms with Crippen molar-refractivity contribution in [3.8, 4) is 0 Å². The van der Waals surface area contributed by atoms with Gasteiger partial charge in [0.25, 0.3) is 0 Å². The quantitative estimate of drug-likeness (QED) is 0.916. The summed E-state index contributed by atoms with van der Waals surface area (Å²) < 4.78 is 0. The van der Waals surface area contributed by atoms with Crippen LogP contribution in [0.4, 0.5) is 10.5 Å². The predicted molar refractivity (Wildman–Crippen MR) is 82.1 cm³/mol. The molecule has 1 aliphatic rings. The highest BCUT2D eigenvalue weighted by Gasteiger charge is 2.34. The maximum Gasteiger partial charge on any atom is 0.346 e. The Labute approximate surface area is 120 Å². The zero-order valence-electron chi connectivity index (χ0n) is 12.5. The summed E-state index contributed by atoms with van der Waals surface area (Å²) in [6.45, 7) is 4.81. The molecule has 5 nitrogen and oxygen atoms in total. The number of carbonyl (C=O) groups excluding carboxylic acids is 1. The molecule has 0 aromatic heterocycles. The Bertz CT molecular complexity index is 519. The predicted octanol–water partition coefficient (Wildman–Crippen LogP) is 2.24. The van der Waals surface area contributed by atoms with Gasteiger partial charge in [0.05, 0.1) is 0 Å². The smallest absolute Gasteiger partial charge is 0.346 e. The van der Waals surface area contributed by atoms with Gasteiger partial charge in [0.2, 0.25) is 0 Å². The van der Waals surface area contributed by atoms with Crippen LogP contribution in [0.15, 0.2) is 29.3 Å². The average Bonchev–Trinajstić information content (AvgIpc) is 2.64. The van der Waals surface area contributed by atoms with Gasteiger partial charge in [-0.1, -0.05) is 26.0 Å². The Morgan fingerprint density at radius 2 is 1.90 bits per heavy atom. The van der Waals surface area contributed by atoms with Crippen molar-refractivity contribution in [3.05, 3.63) is 29.8 Å². The molecular weight excluding hydrogens is 252 g/mol. The van der Waals surface area contributed by atoms with Crippen molar-refractivity contribution in [1.29, 1.82) is 0 Å². The summed E-state index contributed by atoms with van der Waals surface area (Å²) in [5.74, 6) is 0.761. The van der Waals surface area contributed by atoms with E-state index >= 15 is 0 Å². The van der Waals surface area contributed by atoms with Crippen LogP contribution in [0.25, 0.3) is 0 Å². The minimum Gasteiger partial charge on any atom is -0.385 e. The van der Waals surface area contributed by atoms with Crippen LogP contribution in [-0.2, 0) is 0 Å². The fraction of sp³-hybridized carbons (Fsp3) is 0.467. The Hall–Kier alpha value is -2.04. The van der Waals surface area contributed by atoms with E-state index < -0.39 is 0 Å². The fourth-order valence-corrected chi connectivity index (χ4v) is 2.39. The summed E-state index contributed by atoms with van der Waals surface area (Å²) in [6.07, 6.45) is 0. The lowest BCUT2D eigenvalue weighted by molar-refractivity contribution is 0.199. The number of carbonyl (C=O) groups is 1. The van der Waals surface area contributed by atoms with Gasteiger partial charge in [0.15, 0.2) is 0 Å². The van der Waals surface area contributed by atoms with Crippen LogP contribution >= 0.6 is 0 Å². The van der Waals surface area contributed by atoms with Crippen LogP contribution in [0, 0.1) is 5.92 Å². The molecule has 5 heteroatoms. The molecule has 0 spiro atoms. The number of hydrogen-bond donors (Lipinski definition) is 1. The van der Waals surface area contributed by atoms with Gasteiger partial charge < -0.3 is 15.5 Å². The van der Waals surface area contributed by atoms with Crippen molar-refractivity contribution in [3.63, 3.8) is 0 Å². The summed E-state index contributed by atoms with van der Waals surface area (Å²) in [5.41, 5.74) is 8.06. The van der Waals surface area contributed by atoms with E-state index in [2.05, 4.69) is 18.8 Å². The number of amidine groups is 1.